The van der Waals surface area contributed by atoms with Crippen LogP contribution in [0.5, 0.6) is 0 Å². The Bertz CT molecular complexity index is 493. The summed E-state index contributed by atoms with van der Waals surface area (Å²) in [5.41, 5.74) is -0.234. The smallest absolute Gasteiger partial charge is 0.257 e. The highest BCUT2D eigenvalue weighted by atomic mass is 35.5. The Labute approximate surface area is 116 Å². The van der Waals surface area contributed by atoms with Gasteiger partial charge in [-0.15, -0.1) is 0 Å². The second-order valence-corrected chi connectivity index (χ2v) is 5.19. The molecular formula is C14H16ClF2NO. The minimum atomic E-state index is -1.16. The highest BCUT2D eigenvalue weighted by Gasteiger charge is 2.29. The SMILES string of the molecule is CC[C@H]1CCCCN1C(=O)c1ccc(Cl)c(F)c1F. The normalized spacial score (nSPS) is 19.6. The Morgan fingerprint density at radius 1 is 1.37 bits per heavy atom. The number of hydrogen-bond donors (Lipinski definition) is 0. The third-order valence-corrected chi connectivity index (χ3v) is 3.92. The third-order valence-electron chi connectivity index (χ3n) is 3.62. The first-order chi connectivity index (χ1) is 9.06. The zero-order chi connectivity index (χ0) is 14.0. The summed E-state index contributed by atoms with van der Waals surface area (Å²) in [6.45, 7) is 2.59. The fraction of sp³-hybridized carbons (Fsp3) is 0.500. The lowest BCUT2D eigenvalue weighted by molar-refractivity contribution is 0.0602. The average molecular weight is 288 g/mol. The molecule has 19 heavy (non-hydrogen) atoms. The van der Waals surface area contributed by atoms with Gasteiger partial charge in [0.25, 0.3) is 5.91 Å². The molecule has 1 aromatic carbocycles. The van der Waals surface area contributed by atoms with E-state index in [-0.39, 0.29) is 16.6 Å². The zero-order valence-corrected chi connectivity index (χ0v) is 11.5. The van der Waals surface area contributed by atoms with Crippen molar-refractivity contribution in [3.05, 3.63) is 34.4 Å². The standard InChI is InChI=1S/C14H16ClF2NO/c1-2-9-5-3-4-8-18(9)14(19)10-6-7-11(15)13(17)12(10)16/h6-7,9H,2-5,8H2,1H3/t9-/m0/s1. The number of amides is 1. The van der Waals surface area contributed by atoms with E-state index in [0.29, 0.717) is 6.54 Å². The molecule has 1 amide bonds. The van der Waals surface area contributed by atoms with Gasteiger partial charge in [-0.2, -0.15) is 0 Å². The lowest BCUT2D eigenvalue weighted by Crippen LogP contribution is -2.43. The van der Waals surface area contributed by atoms with E-state index in [9.17, 15) is 13.6 Å². The predicted octanol–water partition coefficient (Wildman–Crippen LogP) is 4.02. The number of nitrogens with zero attached hydrogens (tertiary/aromatic N) is 1. The predicted molar refractivity (Wildman–Crippen MR) is 70.3 cm³/mol. The van der Waals surface area contributed by atoms with E-state index < -0.39 is 17.5 Å². The molecule has 0 aromatic heterocycles. The van der Waals surface area contributed by atoms with Gasteiger partial charge in [0.1, 0.15) is 0 Å². The molecule has 1 fully saturated rings. The van der Waals surface area contributed by atoms with Crippen LogP contribution in [0.15, 0.2) is 12.1 Å². The highest BCUT2D eigenvalue weighted by molar-refractivity contribution is 6.30. The molecule has 0 unspecified atom stereocenters. The van der Waals surface area contributed by atoms with Crippen LogP contribution >= 0.6 is 11.6 Å². The summed E-state index contributed by atoms with van der Waals surface area (Å²) in [6, 6.07) is 2.59. The van der Waals surface area contributed by atoms with Gasteiger partial charge in [0, 0.05) is 12.6 Å². The molecular weight excluding hydrogens is 272 g/mol. The van der Waals surface area contributed by atoms with Crippen LogP contribution < -0.4 is 0 Å². The number of rotatable bonds is 2. The molecule has 1 aliphatic rings. The van der Waals surface area contributed by atoms with Crippen molar-refractivity contribution < 1.29 is 13.6 Å². The van der Waals surface area contributed by atoms with Crippen molar-refractivity contribution in [2.24, 2.45) is 0 Å². The van der Waals surface area contributed by atoms with Crippen LogP contribution in [-0.2, 0) is 0 Å². The number of halogens is 3. The topological polar surface area (TPSA) is 20.3 Å². The van der Waals surface area contributed by atoms with Crippen LogP contribution in [0.2, 0.25) is 5.02 Å². The van der Waals surface area contributed by atoms with E-state index in [1.54, 1.807) is 4.90 Å². The van der Waals surface area contributed by atoms with Gasteiger partial charge in [0.05, 0.1) is 10.6 Å². The minimum Gasteiger partial charge on any atom is -0.336 e. The van der Waals surface area contributed by atoms with Gasteiger partial charge in [-0.3, -0.25) is 4.79 Å². The summed E-state index contributed by atoms with van der Waals surface area (Å²) in [5, 5.41) is -0.306. The Morgan fingerprint density at radius 2 is 2.11 bits per heavy atom. The number of benzene rings is 1. The first kappa shape index (κ1) is 14.3. The number of carbonyl (C=O) groups is 1. The van der Waals surface area contributed by atoms with Crippen LogP contribution in [-0.4, -0.2) is 23.4 Å². The average Bonchev–Trinajstić information content (AvgIpc) is 2.44. The highest BCUT2D eigenvalue weighted by Crippen LogP contribution is 2.25. The van der Waals surface area contributed by atoms with E-state index in [1.165, 1.54) is 12.1 Å². The summed E-state index contributed by atoms with van der Waals surface area (Å²) in [5.74, 6) is -2.75. The van der Waals surface area contributed by atoms with Gasteiger partial charge in [0.2, 0.25) is 0 Å². The minimum absolute atomic E-state index is 0.111. The van der Waals surface area contributed by atoms with Crippen molar-refractivity contribution in [1.82, 2.24) is 4.90 Å². The van der Waals surface area contributed by atoms with E-state index in [0.717, 1.165) is 25.7 Å². The maximum atomic E-state index is 13.8. The van der Waals surface area contributed by atoms with Crippen molar-refractivity contribution in [2.45, 2.75) is 38.6 Å². The molecule has 2 nitrogen and oxygen atoms in total. The Morgan fingerprint density at radius 3 is 2.79 bits per heavy atom. The van der Waals surface area contributed by atoms with E-state index in [2.05, 4.69) is 0 Å². The van der Waals surface area contributed by atoms with Crippen LogP contribution in [0, 0.1) is 11.6 Å². The maximum Gasteiger partial charge on any atom is 0.257 e. The lowest BCUT2D eigenvalue weighted by atomic mass is 9.98. The molecule has 104 valence electrons. The molecule has 0 aliphatic carbocycles. The molecule has 0 N–H and O–H groups in total. The quantitative estimate of drug-likeness (QED) is 0.752. The van der Waals surface area contributed by atoms with Crippen molar-refractivity contribution in [2.75, 3.05) is 6.54 Å². The Hall–Kier alpha value is -1.16. The fourth-order valence-electron chi connectivity index (χ4n) is 2.54. The Kier molecular flexibility index (Phi) is 4.40. The molecule has 0 saturated carbocycles. The van der Waals surface area contributed by atoms with Gasteiger partial charge in [-0.05, 0) is 37.8 Å². The van der Waals surface area contributed by atoms with Crippen LogP contribution in [0.3, 0.4) is 0 Å². The van der Waals surface area contributed by atoms with Crippen molar-refractivity contribution in [3.8, 4) is 0 Å². The first-order valence-electron chi connectivity index (χ1n) is 6.50. The number of carbonyl (C=O) groups excluding carboxylic acids is 1. The van der Waals surface area contributed by atoms with Crippen LogP contribution in [0.25, 0.3) is 0 Å². The molecule has 1 aromatic rings. The molecule has 0 bridgehead atoms. The summed E-state index contributed by atoms with van der Waals surface area (Å²) >= 11 is 5.49. The largest absolute Gasteiger partial charge is 0.336 e. The molecule has 5 heteroatoms. The zero-order valence-electron chi connectivity index (χ0n) is 10.8. The van der Waals surface area contributed by atoms with Crippen molar-refractivity contribution in [1.29, 1.82) is 0 Å². The summed E-state index contributed by atoms with van der Waals surface area (Å²) in [6.07, 6.45) is 3.71. The van der Waals surface area contributed by atoms with Crippen LogP contribution in [0.4, 0.5) is 8.78 Å². The van der Waals surface area contributed by atoms with E-state index >= 15 is 0 Å². The fourth-order valence-corrected chi connectivity index (χ4v) is 2.68. The maximum absolute atomic E-state index is 13.8. The monoisotopic (exact) mass is 287 g/mol. The molecule has 1 atom stereocenters. The molecule has 0 spiro atoms. The van der Waals surface area contributed by atoms with Gasteiger partial charge in [-0.25, -0.2) is 8.78 Å². The number of piperidine rings is 1. The summed E-state index contributed by atoms with van der Waals surface area (Å²) in [4.78, 5) is 14.0. The lowest BCUT2D eigenvalue weighted by Gasteiger charge is -2.35. The summed E-state index contributed by atoms with van der Waals surface area (Å²) < 4.78 is 27.2. The molecule has 2 rings (SSSR count). The summed E-state index contributed by atoms with van der Waals surface area (Å²) in [7, 11) is 0. The second kappa shape index (κ2) is 5.87. The second-order valence-electron chi connectivity index (χ2n) is 4.78. The van der Waals surface area contributed by atoms with E-state index in [1.807, 2.05) is 6.92 Å². The number of hydrogen-bond acceptors (Lipinski definition) is 1. The molecule has 1 aliphatic heterocycles. The van der Waals surface area contributed by atoms with Crippen molar-refractivity contribution >= 4 is 17.5 Å². The Balaban J connectivity index is 2.31. The third kappa shape index (κ3) is 2.73. The molecule has 1 heterocycles. The van der Waals surface area contributed by atoms with Crippen LogP contribution in [0.1, 0.15) is 43.0 Å². The van der Waals surface area contributed by atoms with E-state index in [4.69, 9.17) is 11.6 Å². The van der Waals surface area contributed by atoms with Gasteiger partial charge in [0.15, 0.2) is 11.6 Å². The van der Waals surface area contributed by atoms with Gasteiger partial charge >= 0.3 is 0 Å². The molecule has 1 saturated heterocycles. The first-order valence-corrected chi connectivity index (χ1v) is 6.88. The molecule has 0 radical (unpaired) electrons. The van der Waals surface area contributed by atoms with Gasteiger partial charge < -0.3 is 4.90 Å². The van der Waals surface area contributed by atoms with Gasteiger partial charge in [-0.1, -0.05) is 18.5 Å². The number of likely N-dealkylation sites (tertiary alicyclic amines) is 1. The van der Waals surface area contributed by atoms with Crippen molar-refractivity contribution in [3.63, 3.8) is 0 Å².